The average molecular weight is 471 g/mol. The van der Waals surface area contributed by atoms with Crippen LogP contribution in [0.5, 0.6) is 0 Å². The first-order valence-corrected chi connectivity index (χ1v) is 10.7. The summed E-state index contributed by atoms with van der Waals surface area (Å²) in [6.45, 7) is 0. The maximum absolute atomic E-state index is 13.4. The lowest BCUT2D eigenvalue weighted by Crippen LogP contribution is -2.41. The first kappa shape index (κ1) is 20.8. The molecule has 6 atom stereocenters. The molecule has 0 N–H and O–H groups in total. The van der Waals surface area contributed by atoms with E-state index in [-0.39, 0.29) is 29.1 Å². The molecular weight excluding hydrogens is 455 g/mol. The fourth-order valence-electron chi connectivity index (χ4n) is 6.22. The van der Waals surface area contributed by atoms with Gasteiger partial charge in [-0.1, -0.05) is 23.4 Å². The number of nitrogens with zero attached hydrogens (tertiary/aromatic N) is 3. The van der Waals surface area contributed by atoms with Crippen molar-refractivity contribution in [1.82, 2.24) is 0 Å². The van der Waals surface area contributed by atoms with Crippen molar-refractivity contribution < 1.29 is 32.5 Å². The number of hydrogen-bond donors (Lipinski definition) is 0. The zero-order valence-electron chi connectivity index (χ0n) is 17.3. The second kappa shape index (κ2) is 6.87. The van der Waals surface area contributed by atoms with Crippen LogP contribution >= 0.6 is 0 Å². The number of benzene rings is 2. The number of anilines is 1. The van der Waals surface area contributed by atoms with E-state index in [0.717, 1.165) is 17.0 Å². The van der Waals surface area contributed by atoms with E-state index in [0.29, 0.717) is 17.7 Å². The van der Waals surface area contributed by atoms with Crippen LogP contribution in [0.15, 0.2) is 53.7 Å². The smallest absolute Gasteiger partial charge is 0.391 e. The van der Waals surface area contributed by atoms with Gasteiger partial charge >= 0.3 is 6.18 Å². The summed E-state index contributed by atoms with van der Waals surface area (Å²) in [5.74, 6) is -3.36. The number of halogens is 3. The first-order chi connectivity index (χ1) is 16.2. The van der Waals surface area contributed by atoms with Crippen molar-refractivity contribution in [3.63, 3.8) is 0 Å². The van der Waals surface area contributed by atoms with Crippen molar-refractivity contribution in [2.24, 2.45) is 34.7 Å². The van der Waals surface area contributed by atoms with Crippen molar-refractivity contribution in [3.8, 4) is 0 Å². The highest BCUT2D eigenvalue weighted by molar-refractivity contribution is 6.23. The topological polar surface area (TPSA) is 102 Å². The van der Waals surface area contributed by atoms with Crippen molar-refractivity contribution in [1.29, 1.82) is 0 Å². The molecule has 0 unspecified atom stereocenters. The van der Waals surface area contributed by atoms with Crippen LogP contribution in [0.25, 0.3) is 0 Å². The van der Waals surface area contributed by atoms with E-state index in [1.807, 2.05) is 0 Å². The number of carbonyl (C=O) groups is 2. The Morgan fingerprint density at radius 2 is 1.71 bits per heavy atom. The van der Waals surface area contributed by atoms with Crippen LogP contribution < -0.4 is 4.90 Å². The summed E-state index contributed by atoms with van der Waals surface area (Å²) < 4.78 is 39.6. The molecule has 0 aromatic heterocycles. The number of imide groups is 1. The molecule has 2 saturated carbocycles. The van der Waals surface area contributed by atoms with Gasteiger partial charge in [-0.15, -0.1) is 0 Å². The van der Waals surface area contributed by atoms with E-state index in [1.165, 1.54) is 24.3 Å². The first-order valence-electron chi connectivity index (χ1n) is 10.7. The lowest BCUT2D eigenvalue weighted by Gasteiger charge is -2.29. The summed E-state index contributed by atoms with van der Waals surface area (Å²) >= 11 is 0. The molecule has 2 aliphatic carbocycles. The SMILES string of the molecule is O=C1[C@@H]2[C@@H]3C[C@@H]([C@H]4ON=C(c5cccc([N+](=O)[O-])c5)[C@@H]34)[C@@H]2C(=O)N1c1cccc(C(F)(F)F)c1. The predicted molar refractivity (Wildman–Crippen MR) is 111 cm³/mol. The quantitative estimate of drug-likeness (QED) is 0.385. The fourth-order valence-corrected chi connectivity index (χ4v) is 6.22. The Kier molecular flexibility index (Phi) is 4.21. The molecule has 2 heterocycles. The van der Waals surface area contributed by atoms with Gasteiger partial charge in [-0.05, 0) is 30.5 Å². The molecule has 2 bridgehead atoms. The molecule has 2 aromatic rings. The van der Waals surface area contributed by atoms with Crippen molar-refractivity contribution >= 4 is 28.9 Å². The minimum Gasteiger partial charge on any atom is -0.391 e. The third-order valence-corrected chi connectivity index (χ3v) is 7.47. The molecule has 1 saturated heterocycles. The molecule has 8 nitrogen and oxygen atoms in total. The number of nitro groups is 1. The Morgan fingerprint density at radius 1 is 1.00 bits per heavy atom. The number of rotatable bonds is 3. The molecule has 4 aliphatic rings. The third-order valence-electron chi connectivity index (χ3n) is 7.47. The number of nitro benzene ring substituents is 1. The van der Waals surface area contributed by atoms with Crippen LogP contribution in [-0.2, 0) is 20.6 Å². The van der Waals surface area contributed by atoms with Crippen LogP contribution in [0.1, 0.15) is 17.5 Å². The van der Waals surface area contributed by atoms with Crippen LogP contribution in [0, 0.1) is 39.7 Å². The van der Waals surface area contributed by atoms with Gasteiger partial charge in [0.15, 0.2) is 0 Å². The van der Waals surface area contributed by atoms with Gasteiger partial charge in [0.05, 0.1) is 33.7 Å². The number of fused-ring (bicyclic) bond motifs is 8. The molecule has 3 fully saturated rings. The fraction of sp³-hybridized carbons (Fsp3) is 0.348. The Bertz CT molecular complexity index is 1290. The van der Waals surface area contributed by atoms with Gasteiger partial charge in [-0.2, -0.15) is 13.2 Å². The van der Waals surface area contributed by atoms with Crippen molar-refractivity contribution in [2.45, 2.75) is 18.7 Å². The van der Waals surface area contributed by atoms with Gasteiger partial charge in [-0.25, -0.2) is 0 Å². The summed E-state index contributed by atoms with van der Waals surface area (Å²) in [7, 11) is 0. The number of hydrogen-bond acceptors (Lipinski definition) is 6. The predicted octanol–water partition coefficient (Wildman–Crippen LogP) is 3.79. The van der Waals surface area contributed by atoms with Crippen LogP contribution in [0.3, 0.4) is 0 Å². The monoisotopic (exact) mass is 471 g/mol. The molecule has 2 amide bonds. The zero-order valence-corrected chi connectivity index (χ0v) is 17.3. The molecule has 2 aliphatic heterocycles. The van der Waals surface area contributed by atoms with Crippen LogP contribution in [0.2, 0.25) is 0 Å². The molecular formula is C23H16F3N3O5. The van der Waals surface area contributed by atoms with Gasteiger partial charge in [0.2, 0.25) is 11.8 Å². The number of amides is 2. The Hall–Kier alpha value is -3.76. The highest BCUT2D eigenvalue weighted by Crippen LogP contribution is 2.62. The molecule has 0 spiro atoms. The van der Waals surface area contributed by atoms with Gasteiger partial charge < -0.3 is 4.84 Å². The van der Waals surface area contributed by atoms with E-state index >= 15 is 0 Å². The van der Waals surface area contributed by atoms with Gasteiger partial charge in [0, 0.05) is 29.5 Å². The highest BCUT2D eigenvalue weighted by atomic mass is 19.4. The number of carbonyl (C=O) groups excluding carboxylic acids is 2. The normalized spacial score (nSPS) is 31.4. The number of alkyl halides is 3. The maximum atomic E-state index is 13.4. The minimum absolute atomic E-state index is 0.0997. The lowest BCUT2D eigenvalue weighted by atomic mass is 9.71. The molecule has 0 radical (unpaired) electrons. The highest BCUT2D eigenvalue weighted by Gasteiger charge is 2.70. The number of oxime groups is 1. The third kappa shape index (κ3) is 2.75. The van der Waals surface area contributed by atoms with Crippen LogP contribution in [0.4, 0.5) is 24.5 Å². The van der Waals surface area contributed by atoms with E-state index in [4.69, 9.17) is 4.84 Å². The van der Waals surface area contributed by atoms with E-state index < -0.39 is 46.4 Å². The molecule has 11 heteroatoms. The standard InChI is InChI=1S/C23H16F3N3O5/c24-23(25,26)11-4-2-5-12(8-11)28-21(30)16-14-9-15(17(16)22(28)31)20-18(14)19(27-34-20)10-3-1-6-13(7-10)29(32)33/h1-8,14-18,20H,9H2/t14-,15+,16+,17-,18+,20+/m0/s1. The molecule has 174 valence electrons. The minimum atomic E-state index is -4.61. The number of non-ortho nitro benzene ring substituents is 1. The summed E-state index contributed by atoms with van der Waals surface area (Å²) in [6, 6.07) is 10.2. The lowest BCUT2D eigenvalue weighted by molar-refractivity contribution is -0.384. The van der Waals surface area contributed by atoms with E-state index in [1.54, 1.807) is 12.1 Å². The average Bonchev–Trinajstić information content (AvgIpc) is 3.53. The maximum Gasteiger partial charge on any atom is 0.416 e. The van der Waals surface area contributed by atoms with Crippen molar-refractivity contribution in [3.05, 3.63) is 69.8 Å². The Balaban J connectivity index is 1.33. The van der Waals surface area contributed by atoms with Crippen LogP contribution in [-0.4, -0.2) is 28.6 Å². The summed E-state index contributed by atoms with van der Waals surface area (Å²) in [5, 5.41) is 15.3. The van der Waals surface area contributed by atoms with Crippen molar-refractivity contribution in [2.75, 3.05) is 4.90 Å². The summed E-state index contributed by atoms with van der Waals surface area (Å²) in [4.78, 5) is 43.8. The zero-order chi connectivity index (χ0) is 23.9. The summed E-state index contributed by atoms with van der Waals surface area (Å²) in [5.41, 5.74) is -0.134. The Labute approximate surface area is 190 Å². The second-order valence-electron chi connectivity index (χ2n) is 9.05. The largest absolute Gasteiger partial charge is 0.416 e. The Morgan fingerprint density at radius 3 is 2.41 bits per heavy atom. The molecule has 6 rings (SSSR count). The summed E-state index contributed by atoms with van der Waals surface area (Å²) in [6.07, 6.45) is -4.52. The second-order valence-corrected chi connectivity index (χ2v) is 9.05. The van der Waals surface area contributed by atoms with E-state index in [9.17, 15) is 32.9 Å². The van der Waals surface area contributed by atoms with E-state index in [2.05, 4.69) is 5.16 Å². The van der Waals surface area contributed by atoms with Gasteiger partial charge in [0.1, 0.15) is 6.10 Å². The van der Waals surface area contributed by atoms with Gasteiger partial charge in [-0.3, -0.25) is 24.6 Å². The molecule has 34 heavy (non-hydrogen) atoms. The van der Waals surface area contributed by atoms with Gasteiger partial charge in [0.25, 0.3) is 5.69 Å². The molecule has 2 aromatic carbocycles.